The molecule has 1 saturated heterocycles. The zero-order valence-electron chi connectivity index (χ0n) is 9.95. The number of hydrogen-bond acceptors (Lipinski definition) is 2. The lowest BCUT2D eigenvalue weighted by molar-refractivity contribution is 0.0782. The Kier molecular flexibility index (Phi) is 3.31. The third kappa shape index (κ3) is 2.40. The Hall–Kier alpha value is -1.58. The fourth-order valence-corrected chi connectivity index (χ4v) is 2.23. The van der Waals surface area contributed by atoms with Crippen molar-refractivity contribution in [2.24, 2.45) is 5.92 Å². The second-order valence-corrected chi connectivity index (χ2v) is 4.55. The van der Waals surface area contributed by atoms with Gasteiger partial charge in [0.25, 0.3) is 5.91 Å². The summed E-state index contributed by atoms with van der Waals surface area (Å²) in [5.74, 6) is -0.204. The summed E-state index contributed by atoms with van der Waals surface area (Å²) in [7, 11) is 0. The summed E-state index contributed by atoms with van der Waals surface area (Å²) >= 11 is 0. The van der Waals surface area contributed by atoms with Gasteiger partial charge in [-0.3, -0.25) is 4.79 Å². The van der Waals surface area contributed by atoms with E-state index < -0.39 is 5.82 Å². The lowest BCUT2D eigenvalue weighted by Crippen LogP contribution is -2.29. The highest BCUT2D eigenvalue weighted by atomic mass is 19.1. The van der Waals surface area contributed by atoms with E-state index in [0.717, 1.165) is 25.9 Å². The molecule has 17 heavy (non-hydrogen) atoms. The molecule has 1 heterocycles. The van der Waals surface area contributed by atoms with Crippen molar-refractivity contribution in [2.45, 2.75) is 19.8 Å². The van der Waals surface area contributed by atoms with E-state index in [2.05, 4.69) is 6.92 Å². The molecule has 2 rings (SSSR count). The van der Waals surface area contributed by atoms with Gasteiger partial charge in [0.15, 0.2) is 0 Å². The minimum absolute atomic E-state index is 0.121. The molecule has 1 aliphatic heterocycles. The first-order valence-corrected chi connectivity index (χ1v) is 5.96. The van der Waals surface area contributed by atoms with Crippen molar-refractivity contribution in [1.29, 1.82) is 0 Å². The first-order chi connectivity index (χ1) is 8.11. The molecule has 4 heteroatoms. The van der Waals surface area contributed by atoms with Crippen molar-refractivity contribution in [1.82, 2.24) is 4.90 Å². The molecule has 0 aromatic heterocycles. The molecule has 1 aromatic carbocycles. The molecule has 3 nitrogen and oxygen atoms in total. The Bertz CT molecular complexity index is 433. The molecule has 1 unspecified atom stereocenters. The average Bonchev–Trinajstić information content (AvgIpc) is 2.76. The zero-order chi connectivity index (χ0) is 12.4. The van der Waals surface area contributed by atoms with Gasteiger partial charge in [0.05, 0.1) is 5.56 Å². The Labute approximate surface area is 100 Å². The van der Waals surface area contributed by atoms with E-state index in [4.69, 9.17) is 5.73 Å². The minimum atomic E-state index is -0.532. The second kappa shape index (κ2) is 4.73. The van der Waals surface area contributed by atoms with Gasteiger partial charge >= 0.3 is 0 Å². The van der Waals surface area contributed by atoms with Gasteiger partial charge in [-0.25, -0.2) is 4.39 Å². The maximum Gasteiger partial charge on any atom is 0.256 e. The first-order valence-electron chi connectivity index (χ1n) is 5.96. The number of rotatable bonds is 2. The number of nitrogens with two attached hydrogens (primary N) is 1. The first kappa shape index (κ1) is 11.9. The lowest BCUT2D eigenvalue weighted by Gasteiger charge is -2.16. The molecule has 0 saturated carbocycles. The topological polar surface area (TPSA) is 46.3 Å². The highest BCUT2D eigenvalue weighted by molar-refractivity contribution is 5.95. The SMILES string of the molecule is CCC1CCN(C(=O)c2ccc(N)cc2F)C1. The molecule has 1 fully saturated rings. The number of benzene rings is 1. The molecule has 0 radical (unpaired) electrons. The molecule has 2 N–H and O–H groups in total. The van der Waals surface area contributed by atoms with E-state index in [1.54, 1.807) is 11.0 Å². The predicted molar refractivity (Wildman–Crippen MR) is 65.1 cm³/mol. The van der Waals surface area contributed by atoms with Crippen LogP contribution in [0.2, 0.25) is 0 Å². The van der Waals surface area contributed by atoms with Gasteiger partial charge in [0, 0.05) is 18.8 Å². The van der Waals surface area contributed by atoms with Gasteiger partial charge in [-0.05, 0) is 30.5 Å². The average molecular weight is 236 g/mol. The van der Waals surface area contributed by atoms with Gasteiger partial charge in [0.2, 0.25) is 0 Å². The maximum absolute atomic E-state index is 13.6. The minimum Gasteiger partial charge on any atom is -0.399 e. The fraction of sp³-hybridized carbons (Fsp3) is 0.462. The number of amides is 1. The van der Waals surface area contributed by atoms with Gasteiger partial charge in [-0.15, -0.1) is 0 Å². The van der Waals surface area contributed by atoms with Gasteiger partial charge in [-0.2, -0.15) is 0 Å². The number of hydrogen-bond donors (Lipinski definition) is 1. The molecule has 0 bridgehead atoms. The normalized spacial score (nSPS) is 19.6. The summed E-state index contributed by atoms with van der Waals surface area (Å²) in [5, 5.41) is 0. The number of anilines is 1. The van der Waals surface area contributed by atoms with Crippen LogP contribution >= 0.6 is 0 Å². The molecule has 0 aliphatic carbocycles. The number of nitrogens with zero attached hydrogens (tertiary/aromatic N) is 1. The molecule has 0 spiro atoms. The molecule has 1 amide bonds. The Morgan fingerprint density at radius 2 is 2.35 bits per heavy atom. The molecule has 1 atom stereocenters. The third-order valence-electron chi connectivity index (χ3n) is 3.37. The van der Waals surface area contributed by atoms with Crippen LogP contribution in [0, 0.1) is 11.7 Å². The van der Waals surface area contributed by atoms with Crippen LogP contribution in [0.3, 0.4) is 0 Å². The maximum atomic E-state index is 13.6. The quantitative estimate of drug-likeness (QED) is 0.801. The van der Waals surface area contributed by atoms with Crippen LogP contribution in [0.1, 0.15) is 30.1 Å². The molecule has 92 valence electrons. The largest absolute Gasteiger partial charge is 0.399 e. The van der Waals surface area contributed by atoms with Crippen molar-refractivity contribution in [3.05, 3.63) is 29.6 Å². The van der Waals surface area contributed by atoms with Crippen LogP contribution in [0.25, 0.3) is 0 Å². The standard InChI is InChI=1S/C13H17FN2O/c1-2-9-5-6-16(8-9)13(17)11-4-3-10(15)7-12(11)14/h3-4,7,9H,2,5-6,8,15H2,1H3. The smallest absolute Gasteiger partial charge is 0.256 e. The van der Waals surface area contributed by atoms with Crippen LogP contribution in [0.4, 0.5) is 10.1 Å². The molecule has 1 aromatic rings. The summed E-state index contributed by atoms with van der Waals surface area (Å²) < 4.78 is 13.6. The Morgan fingerprint density at radius 1 is 1.59 bits per heavy atom. The third-order valence-corrected chi connectivity index (χ3v) is 3.37. The second-order valence-electron chi connectivity index (χ2n) is 4.55. The number of nitrogen functional groups attached to an aromatic ring is 1. The van der Waals surface area contributed by atoms with Gasteiger partial charge < -0.3 is 10.6 Å². The number of carbonyl (C=O) groups excluding carboxylic acids is 1. The molecular weight excluding hydrogens is 219 g/mol. The highest BCUT2D eigenvalue weighted by Crippen LogP contribution is 2.22. The van der Waals surface area contributed by atoms with E-state index in [-0.39, 0.29) is 11.5 Å². The van der Waals surface area contributed by atoms with Crippen LogP contribution in [-0.2, 0) is 0 Å². The lowest BCUT2D eigenvalue weighted by atomic mass is 10.1. The van der Waals surface area contributed by atoms with Crippen molar-refractivity contribution in [3.8, 4) is 0 Å². The van der Waals surface area contributed by atoms with Crippen LogP contribution in [0.5, 0.6) is 0 Å². The number of likely N-dealkylation sites (tertiary alicyclic amines) is 1. The van der Waals surface area contributed by atoms with Gasteiger partial charge in [-0.1, -0.05) is 13.3 Å². The van der Waals surface area contributed by atoms with Crippen molar-refractivity contribution in [3.63, 3.8) is 0 Å². The zero-order valence-corrected chi connectivity index (χ0v) is 9.95. The van der Waals surface area contributed by atoms with Crippen molar-refractivity contribution >= 4 is 11.6 Å². The van der Waals surface area contributed by atoms with E-state index in [1.807, 2.05) is 0 Å². The highest BCUT2D eigenvalue weighted by Gasteiger charge is 2.27. The van der Waals surface area contributed by atoms with E-state index >= 15 is 0 Å². The van der Waals surface area contributed by atoms with Crippen LogP contribution < -0.4 is 5.73 Å². The monoisotopic (exact) mass is 236 g/mol. The van der Waals surface area contributed by atoms with E-state index in [1.165, 1.54) is 12.1 Å². The number of halogens is 1. The molecular formula is C13H17FN2O. The summed E-state index contributed by atoms with van der Waals surface area (Å²) in [6.07, 6.45) is 2.08. The van der Waals surface area contributed by atoms with E-state index in [0.29, 0.717) is 11.6 Å². The summed E-state index contributed by atoms with van der Waals surface area (Å²) in [6, 6.07) is 4.22. The van der Waals surface area contributed by atoms with Crippen molar-refractivity contribution in [2.75, 3.05) is 18.8 Å². The van der Waals surface area contributed by atoms with Gasteiger partial charge in [0.1, 0.15) is 5.82 Å². The Balaban J connectivity index is 2.15. The fourth-order valence-electron chi connectivity index (χ4n) is 2.23. The Morgan fingerprint density at radius 3 is 2.94 bits per heavy atom. The molecule has 1 aliphatic rings. The van der Waals surface area contributed by atoms with Crippen molar-refractivity contribution < 1.29 is 9.18 Å². The summed E-state index contributed by atoms with van der Waals surface area (Å²) in [4.78, 5) is 13.8. The summed E-state index contributed by atoms with van der Waals surface area (Å²) in [5.41, 5.74) is 5.92. The van der Waals surface area contributed by atoms with Crippen LogP contribution in [0.15, 0.2) is 18.2 Å². The summed E-state index contributed by atoms with van der Waals surface area (Å²) in [6.45, 7) is 3.57. The van der Waals surface area contributed by atoms with Crippen LogP contribution in [-0.4, -0.2) is 23.9 Å². The van der Waals surface area contributed by atoms with E-state index in [9.17, 15) is 9.18 Å². The predicted octanol–water partition coefficient (Wildman–Crippen LogP) is 2.28. The number of carbonyl (C=O) groups is 1.